The highest BCUT2D eigenvalue weighted by atomic mass is 16.5. The first kappa shape index (κ1) is 30.3. The van der Waals surface area contributed by atoms with Crippen molar-refractivity contribution in [2.75, 3.05) is 11.9 Å². The van der Waals surface area contributed by atoms with Gasteiger partial charge in [0.25, 0.3) is 0 Å². The Kier molecular flexibility index (Phi) is 11.2. The van der Waals surface area contributed by atoms with Gasteiger partial charge in [-0.3, -0.25) is 4.98 Å². The maximum atomic E-state index is 13.4. The van der Waals surface area contributed by atoms with E-state index < -0.39 is 0 Å². The third-order valence-electron chi connectivity index (χ3n) is 8.07. The van der Waals surface area contributed by atoms with Crippen molar-refractivity contribution in [1.29, 1.82) is 0 Å². The Morgan fingerprint density at radius 3 is 2.16 bits per heavy atom. The zero-order valence-electron chi connectivity index (χ0n) is 25.3. The van der Waals surface area contributed by atoms with Gasteiger partial charge in [-0.05, 0) is 77.4 Å². The summed E-state index contributed by atoms with van der Waals surface area (Å²) in [5, 5.41) is 6.79. The maximum Gasteiger partial charge on any atom is 0.322 e. The molecule has 0 bridgehead atoms. The van der Waals surface area contributed by atoms with Gasteiger partial charge in [-0.25, -0.2) is 4.79 Å². The molecule has 43 heavy (non-hydrogen) atoms. The number of aromatic nitrogens is 1. The summed E-state index contributed by atoms with van der Waals surface area (Å²) in [7, 11) is 0. The maximum absolute atomic E-state index is 13.4. The Morgan fingerprint density at radius 2 is 1.51 bits per heavy atom. The normalized spacial score (nSPS) is 13.4. The Labute approximate surface area is 256 Å². The van der Waals surface area contributed by atoms with Gasteiger partial charge >= 0.3 is 6.03 Å². The Hall–Kier alpha value is -4.16. The van der Waals surface area contributed by atoms with Gasteiger partial charge in [-0.15, -0.1) is 0 Å². The van der Waals surface area contributed by atoms with Gasteiger partial charge < -0.3 is 20.3 Å². The first-order chi connectivity index (χ1) is 21.2. The highest BCUT2D eigenvalue weighted by Gasteiger charge is 2.16. The predicted molar refractivity (Wildman–Crippen MR) is 175 cm³/mol. The number of rotatable bonds is 13. The smallest absolute Gasteiger partial charge is 0.322 e. The standard InChI is InChI=1S/C37H44N4O2/c1-2-3-24-43-36-21-19-35(20-22-36)40-37(42)41(28-31-8-7-23-38-25-31)27-30-13-17-33(18-14-30)32-15-11-29(12-16-32)26-39-34-9-5-4-6-10-34/h7-8,11-23,25,34,39H,2-6,9-10,24,26-28H2,1H3,(H,40,42). The van der Waals surface area contributed by atoms with Gasteiger partial charge in [0.1, 0.15) is 5.75 Å². The second-order valence-electron chi connectivity index (χ2n) is 11.5. The number of nitrogens with one attached hydrogen (secondary N) is 2. The molecule has 0 radical (unpaired) electrons. The molecular formula is C37H44N4O2. The minimum atomic E-state index is -0.162. The summed E-state index contributed by atoms with van der Waals surface area (Å²) in [6, 6.07) is 29.3. The van der Waals surface area contributed by atoms with Crippen LogP contribution in [0.2, 0.25) is 0 Å². The van der Waals surface area contributed by atoms with E-state index in [1.807, 2.05) is 41.3 Å². The fourth-order valence-corrected chi connectivity index (χ4v) is 5.49. The van der Waals surface area contributed by atoms with Gasteiger partial charge in [0.15, 0.2) is 0 Å². The zero-order valence-corrected chi connectivity index (χ0v) is 25.3. The molecule has 1 heterocycles. The van der Waals surface area contributed by atoms with Gasteiger partial charge in [0.05, 0.1) is 6.61 Å². The zero-order chi connectivity index (χ0) is 29.7. The van der Waals surface area contributed by atoms with E-state index in [4.69, 9.17) is 4.74 Å². The number of amides is 2. The molecule has 6 nitrogen and oxygen atoms in total. The number of ether oxygens (including phenoxy) is 1. The van der Waals surface area contributed by atoms with Crippen LogP contribution in [-0.2, 0) is 19.6 Å². The number of hydrogen-bond donors (Lipinski definition) is 2. The molecule has 1 aromatic heterocycles. The molecule has 224 valence electrons. The van der Waals surface area contributed by atoms with Crippen molar-refractivity contribution in [1.82, 2.24) is 15.2 Å². The van der Waals surface area contributed by atoms with Crippen molar-refractivity contribution in [3.63, 3.8) is 0 Å². The summed E-state index contributed by atoms with van der Waals surface area (Å²) >= 11 is 0. The molecule has 1 aliphatic rings. The van der Waals surface area contributed by atoms with Crippen LogP contribution in [0.15, 0.2) is 97.3 Å². The second kappa shape index (κ2) is 15.9. The number of nitrogens with zero attached hydrogens (tertiary/aromatic N) is 2. The fourth-order valence-electron chi connectivity index (χ4n) is 5.49. The summed E-state index contributed by atoms with van der Waals surface area (Å²) in [6.07, 6.45) is 12.3. The van der Waals surface area contributed by atoms with Crippen molar-refractivity contribution in [3.8, 4) is 16.9 Å². The third-order valence-corrected chi connectivity index (χ3v) is 8.07. The van der Waals surface area contributed by atoms with E-state index in [1.54, 1.807) is 12.4 Å². The van der Waals surface area contributed by atoms with Crippen LogP contribution in [0.5, 0.6) is 5.75 Å². The van der Waals surface area contributed by atoms with Crippen LogP contribution in [0.4, 0.5) is 10.5 Å². The minimum absolute atomic E-state index is 0.162. The van der Waals surface area contributed by atoms with Gasteiger partial charge in [-0.1, -0.05) is 87.2 Å². The molecule has 3 aromatic carbocycles. The highest BCUT2D eigenvalue weighted by Crippen LogP contribution is 2.23. The number of pyridine rings is 1. The summed E-state index contributed by atoms with van der Waals surface area (Å²) in [4.78, 5) is 19.5. The second-order valence-corrected chi connectivity index (χ2v) is 11.5. The third kappa shape index (κ3) is 9.42. The van der Waals surface area contributed by atoms with E-state index in [-0.39, 0.29) is 6.03 Å². The van der Waals surface area contributed by atoms with Crippen molar-refractivity contribution in [2.24, 2.45) is 0 Å². The van der Waals surface area contributed by atoms with Crippen molar-refractivity contribution in [2.45, 2.75) is 77.5 Å². The van der Waals surface area contributed by atoms with Crippen LogP contribution in [0.3, 0.4) is 0 Å². The van der Waals surface area contributed by atoms with Crippen molar-refractivity contribution < 1.29 is 9.53 Å². The van der Waals surface area contributed by atoms with Gasteiger partial charge in [-0.2, -0.15) is 0 Å². The molecule has 4 aromatic rings. The van der Waals surface area contributed by atoms with Gasteiger partial charge in [0.2, 0.25) is 0 Å². The number of carbonyl (C=O) groups excluding carboxylic acids is 1. The molecule has 6 heteroatoms. The molecule has 0 atom stereocenters. The summed E-state index contributed by atoms with van der Waals surface area (Å²) in [5.41, 5.74) is 6.46. The summed E-state index contributed by atoms with van der Waals surface area (Å²) < 4.78 is 5.76. The van der Waals surface area contributed by atoms with E-state index >= 15 is 0 Å². The van der Waals surface area contributed by atoms with E-state index in [0.29, 0.717) is 25.7 Å². The van der Waals surface area contributed by atoms with Crippen LogP contribution < -0.4 is 15.4 Å². The first-order valence-electron chi connectivity index (χ1n) is 15.8. The van der Waals surface area contributed by atoms with Gasteiger partial charge in [0, 0.05) is 43.8 Å². The number of benzene rings is 3. The molecule has 5 rings (SSSR count). The SMILES string of the molecule is CCCCOc1ccc(NC(=O)N(Cc2ccc(-c3ccc(CNC4CCCCC4)cc3)cc2)Cc2cccnc2)cc1. The molecule has 0 saturated heterocycles. The average Bonchev–Trinajstić information content (AvgIpc) is 3.06. The van der Waals surface area contributed by atoms with Crippen LogP contribution in [0.1, 0.15) is 68.6 Å². The molecule has 0 aliphatic heterocycles. The largest absolute Gasteiger partial charge is 0.494 e. The van der Waals surface area contributed by atoms with Crippen LogP contribution in [-0.4, -0.2) is 28.6 Å². The first-order valence-corrected chi connectivity index (χ1v) is 15.8. The van der Waals surface area contributed by atoms with Crippen molar-refractivity contribution >= 4 is 11.7 Å². The molecule has 2 amide bonds. The number of hydrogen-bond acceptors (Lipinski definition) is 4. The number of carbonyl (C=O) groups is 1. The Balaban J connectivity index is 1.21. The van der Waals surface area contributed by atoms with Crippen LogP contribution in [0.25, 0.3) is 11.1 Å². The van der Waals surface area contributed by atoms with Crippen molar-refractivity contribution in [3.05, 3.63) is 114 Å². The molecule has 2 N–H and O–H groups in total. The molecular weight excluding hydrogens is 532 g/mol. The quantitative estimate of drug-likeness (QED) is 0.156. The summed E-state index contributed by atoms with van der Waals surface area (Å²) in [5.74, 6) is 0.810. The topological polar surface area (TPSA) is 66.5 Å². The lowest BCUT2D eigenvalue weighted by Gasteiger charge is -2.23. The lowest BCUT2D eigenvalue weighted by atomic mass is 9.95. The lowest BCUT2D eigenvalue weighted by Crippen LogP contribution is -2.34. The fraction of sp³-hybridized carbons (Fsp3) is 0.351. The van der Waals surface area contributed by atoms with E-state index in [1.165, 1.54) is 48.8 Å². The molecule has 1 saturated carbocycles. The van der Waals surface area contributed by atoms with E-state index in [9.17, 15) is 4.79 Å². The highest BCUT2D eigenvalue weighted by molar-refractivity contribution is 5.89. The molecule has 1 aliphatic carbocycles. The number of anilines is 1. The molecule has 0 spiro atoms. The number of unbranched alkanes of at least 4 members (excludes halogenated alkanes) is 1. The van der Waals surface area contributed by atoms with E-state index in [0.717, 1.165) is 42.0 Å². The number of urea groups is 1. The van der Waals surface area contributed by atoms with E-state index in [2.05, 4.69) is 71.1 Å². The Bertz CT molecular complexity index is 1380. The Morgan fingerprint density at radius 1 is 0.837 bits per heavy atom. The molecule has 1 fully saturated rings. The predicted octanol–water partition coefficient (Wildman–Crippen LogP) is 8.58. The van der Waals surface area contributed by atoms with Crippen LogP contribution >= 0.6 is 0 Å². The monoisotopic (exact) mass is 576 g/mol. The van der Waals surface area contributed by atoms with Crippen LogP contribution in [0, 0.1) is 0 Å². The molecule has 0 unspecified atom stereocenters. The summed E-state index contributed by atoms with van der Waals surface area (Å²) in [6.45, 7) is 4.70. The average molecular weight is 577 g/mol. The minimum Gasteiger partial charge on any atom is -0.494 e. The lowest BCUT2D eigenvalue weighted by molar-refractivity contribution is 0.206.